The van der Waals surface area contributed by atoms with Crippen LogP contribution in [0.2, 0.25) is 0 Å². The minimum Gasteiger partial charge on any atom is -0.394 e. The Morgan fingerprint density at radius 3 is 2.53 bits per heavy atom. The molecule has 3 radical (unpaired) electrons. The van der Waals surface area contributed by atoms with Crippen molar-refractivity contribution in [3.05, 3.63) is 35.4 Å². The third kappa shape index (κ3) is 3.45. The lowest BCUT2D eigenvalue weighted by Gasteiger charge is -2.21. The molecule has 0 N–H and O–H groups in total. The van der Waals surface area contributed by atoms with Crippen LogP contribution in [0.5, 0.6) is 0 Å². The molecule has 0 aliphatic carbocycles. The summed E-state index contributed by atoms with van der Waals surface area (Å²) >= 11 is 0. The quantitative estimate of drug-likeness (QED) is 0.562. The lowest BCUT2D eigenvalue weighted by Crippen LogP contribution is -2.17. The van der Waals surface area contributed by atoms with E-state index in [-0.39, 0.29) is 12.4 Å². The van der Waals surface area contributed by atoms with Crippen LogP contribution in [-0.4, -0.2) is 16.8 Å². The lowest BCUT2D eigenvalue weighted by atomic mass is 10.0. The molecule has 15 heavy (non-hydrogen) atoms. The Bertz CT molecular complexity index is 297. The molecule has 81 valence electrons. The number of benzene rings is 1. The van der Waals surface area contributed by atoms with E-state index in [1.807, 2.05) is 26.0 Å². The molecule has 1 aromatic carbocycles. The average Bonchev–Trinajstić information content (AvgIpc) is 2.26. The van der Waals surface area contributed by atoms with Crippen LogP contribution in [-0.2, 0) is 9.16 Å². The van der Waals surface area contributed by atoms with Gasteiger partial charge in [0.1, 0.15) is 6.29 Å². The van der Waals surface area contributed by atoms with Gasteiger partial charge in [0, 0.05) is 0 Å². The van der Waals surface area contributed by atoms with Crippen LogP contribution in [0.3, 0.4) is 0 Å². The molecule has 1 rings (SSSR count). The first-order chi connectivity index (χ1) is 7.19. The van der Waals surface area contributed by atoms with Gasteiger partial charge in [0.25, 0.3) is 0 Å². The van der Waals surface area contributed by atoms with E-state index in [2.05, 4.69) is 29.5 Å². The molecule has 0 fully saturated rings. The van der Waals surface area contributed by atoms with Crippen LogP contribution in [0, 0.1) is 6.92 Å². The van der Waals surface area contributed by atoms with Crippen molar-refractivity contribution in [3.63, 3.8) is 0 Å². The van der Waals surface area contributed by atoms with Gasteiger partial charge in [0.05, 0.1) is 6.10 Å². The minimum atomic E-state index is -0.198. The van der Waals surface area contributed by atoms with Gasteiger partial charge in [-0.3, -0.25) is 0 Å². The van der Waals surface area contributed by atoms with Gasteiger partial charge < -0.3 is 9.16 Å². The fourth-order valence-electron chi connectivity index (χ4n) is 1.55. The van der Waals surface area contributed by atoms with Crippen molar-refractivity contribution in [2.75, 3.05) is 0 Å². The second kappa shape index (κ2) is 6.05. The molecule has 0 saturated heterocycles. The van der Waals surface area contributed by atoms with Gasteiger partial charge in [-0.25, -0.2) is 0 Å². The van der Waals surface area contributed by atoms with Crippen molar-refractivity contribution in [1.82, 2.24) is 0 Å². The average molecular weight is 221 g/mol. The normalized spacial score (nSPS) is 14.9. The molecule has 0 heterocycles. The molecule has 0 aliphatic rings. The topological polar surface area (TPSA) is 18.5 Å². The van der Waals surface area contributed by atoms with E-state index in [0.29, 0.717) is 0 Å². The Balaban J connectivity index is 2.68. The first kappa shape index (κ1) is 12.4. The zero-order valence-corrected chi connectivity index (χ0v) is 10.5. The maximum atomic E-state index is 5.74. The summed E-state index contributed by atoms with van der Waals surface area (Å²) in [6.07, 6.45) is 0.670. The Morgan fingerprint density at radius 2 is 2.00 bits per heavy atom. The monoisotopic (exact) mass is 221 g/mol. The maximum Gasteiger partial charge on any atom is 0.249 e. The number of ether oxygens (including phenoxy) is 1. The summed E-state index contributed by atoms with van der Waals surface area (Å²) in [5.74, 6) is 0. The van der Waals surface area contributed by atoms with Crippen LogP contribution in [0.1, 0.15) is 37.5 Å². The summed E-state index contributed by atoms with van der Waals surface area (Å²) in [5, 5.41) is 0. The highest BCUT2D eigenvalue weighted by Gasteiger charge is 2.13. The molecule has 2 unspecified atom stereocenters. The molecular formula is C12H17O2Si. The standard InChI is InChI=1S/C12H17O2Si/c1-4-12(14-15)13-10(3)11-8-6-5-7-9(11)2/h5-8,10,12H,4H2,1-3H3. The molecule has 0 aromatic heterocycles. The van der Waals surface area contributed by atoms with Gasteiger partial charge in [0.2, 0.25) is 10.5 Å². The Kier molecular flexibility index (Phi) is 5.01. The van der Waals surface area contributed by atoms with E-state index in [9.17, 15) is 0 Å². The van der Waals surface area contributed by atoms with Gasteiger partial charge >= 0.3 is 0 Å². The van der Waals surface area contributed by atoms with Gasteiger partial charge in [-0.05, 0) is 31.4 Å². The molecule has 0 saturated carbocycles. The third-order valence-electron chi connectivity index (χ3n) is 2.45. The minimum absolute atomic E-state index is 0.0486. The van der Waals surface area contributed by atoms with Crippen molar-refractivity contribution >= 4 is 10.5 Å². The second-order valence-corrected chi connectivity index (χ2v) is 3.83. The molecule has 0 bridgehead atoms. The Hall–Kier alpha value is -0.643. The SMILES string of the molecule is CCC(O[Si])OC(C)c1ccccc1C. The summed E-state index contributed by atoms with van der Waals surface area (Å²) < 4.78 is 10.8. The van der Waals surface area contributed by atoms with E-state index in [1.165, 1.54) is 11.1 Å². The van der Waals surface area contributed by atoms with E-state index in [1.54, 1.807) is 0 Å². The van der Waals surface area contributed by atoms with E-state index < -0.39 is 0 Å². The van der Waals surface area contributed by atoms with E-state index >= 15 is 0 Å². The van der Waals surface area contributed by atoms with Gasteiger partial charge in [-0.1, -0.05) is 31.2 Å². The van der Waals surface area contributed by atoms with Crippen LogP contribution in [0.25, 0.3) is 0 Å². The zero-order chi connectivity index (χ0) is 11.3. The second-order valence-electron chi connectivity index (χ2n) is 3.59. The third-order valence-corrected chi connectivity index (χ3v) is 2.71. The van der Waals surface area contributed by atoms with Crippen molar-refractivity contribution in [1.29, 1.82) is 0 Å². The first-order valence-electron chi connectivity index (χ1n) is 5.22. The Labute approximate surface area is 95.1 Å². The van der Waals surface area contributed by atoms with Crippen molar-refractivity contribution in [2.24, 2.45) is 0 Å². The van der Waals surface area contributed by atoms with Crippen molar-refractivity contribution in [2.45, 2.75) is 39.6 Å². The fourth-order valence-corrected chi connectivity index (χ4v) is 1.77. The number of hydrogen-bond donors (Lipinski definition) is 0. The molecule has 3 heteroatoms. The number of aryl methyl sites for hydroxylation is 1. The number of rotatable bonds is 5. The van der Waals surface area contributed by atoms with Gasteiger partial charge in [-0.2, -0.15) is 0 Å². The lowest BCUT2D eigenvalue weighted by molar-refractivity contribution is -0.114. The molecule has 0 aliphatic heterocycles. The maximum absolute atomic E-state index is 5.74. The summed E-state index contributed by atoms with van der Waals surface area (Å²) in [5.41, 5.74) is 2.45. The van der Waals surface area contributed by atoms with E-state index in [4.69, 9.17) is 9.16 Å². The van der Waals surface area contributed by atoms with Gasteiger partial charge in [-0.15, -0.1) is 0 Å². The van der Waals surface area contributed by atoms with Crippen molar-refractivity contribution in [3.8, 4) is 0 Å². The van der Waals surface area contributed by atoms with Crippen LogP contribution >= 0.6 is 0 Å². The molecule has 0 amide bonds. The Morgan fingerprint density at radius 1 is 1.33 bits per heavy atom. The zero-order valence-electron chi connectivity index (χ0n) is 9.49. The highest BCUT2D eigenvalue weighted by atomic mass is 28.2. The number of hydrogen-bond acceptors (Lipinski definition) is 2. The summed E-state index contributed by atoms with van der Waals surface area (Å²) in [7, 11) is 3.02. The van der Waals surface area contributed by atoms with Gasteiger partial charge in [0.15, 0.2) is 0 Å². The van der Waals surface area contributed by atoms with Crippen molar-refractivity contribution < 1.29 is 9.16 Å². The van der Waals surface area contributed by atoms with E-state index in [0.717, 1.165) is 6.42 Å². The summed E-state index contributed by atoms with van der Waals surface area (Å²) in [4.78, 5) is 0. The predicted molar refractivity (Wildman–Crippen MR) is 61.6 cm³/mol. The highest BCUT2D eigenvalue weighted by molar-refractivity contribution is 5.98. The highest BCUT2D eigenvalue weighted by Crippen LogP contribution is 2.22. The first-order valence-corrected chi connectivity index (χ1v) is 5.63. The predicted octanol–water partition coefficient (Wildman–Crippen LogP) is 2.91. The molecule has 2 nitrogen and oxygen atoms in total. The van der Waals surface area contributed by atoms with Crippen LogP contribution < -0.4 is 0 Å². The van der Waals surface area contributed by atoms with Crippen LogP contribution in [0.4, 0.5) is 0 Å². The van der Waals surface area contributed by atoms with Crippen LogP contribution in [0.15, 0.2) is 24.3 Å². The smallest absolute Gasteiger partial charge is 0.249 e. The summed E-state index contributed by atoms with van der Waals surface area (Å²) in [6.45, 7) is 6.15. The molecule has 1 aromatic rings. The molecule has 2 atom stereocenters. The summed E-state index contributed by atoms with van der Waals surface area (Å²) in [6, 6.07) is 8.23. The fraction of sp³-hybridized carbons (Fsp3) is 0.500. The largest absolute Gasteiger partial charge is 0.394 e. The molecule has 0 spiro atoms. The molecular weight excluding hydrogens is 204 g/mol.